The summed E-state index contributed by atoms with van der Waals surface area (Å²) in [5.41, 5.74) is -1.88. The quantitative estimate of drug-likeness (QED) is 0.774. The molecule has 0 heterocycles. The molecule has 0 aromatic carbocycles. The number of hydrogen-bond acceptors (Lipinski definition) is 3. The van der Waals surface area contributed by atoms with Crippen molar-refractivity contribution < 1.29 is 19.4 Å². The Hall–Kier alpha value is -1.26. The highest BCUT2D eigenvalue weighted by molar-refractivity contribution is 5.90. The van der Waals surface area contributed by atoms with Crippen molar-refractivity contribution >= 4 is 12.1 Å². The van der Waals surface area contributed by atoms with Crippen LogP contribution >= 0.6 is 0 Å². The Morgan fingerprint density at radius 2 is 1.88 bits per heavy atom. The highest BCUT2D eigenvalue weighted by atomic mass is 16.6. The maximum absolute atomic E-state index is 11.6. The lowest BCUT2D eigenvalue weighted by Crippen LogP contribution is -2.50. The van der Waals surface area contributed by atoms with Crippen LogP contribution in [0.25, 0.3) is 0 Å². The minimum absolute atomic E-state index is 0.199. The molecule has 1 atom stereocenters. The van der Waals surface area contributed by atoms with Crippen LogP contribution in [0.4, 0.5) is 4.79 Å². The summed E-state index contributed by atoms with van der Waals surface area (Å²) in [7, 11) is 0. The molecule has 2 aliphatic rings. The summed E-state index contributed by atoms with van der Waals surface area (Å²) >= 11 is 0. The van der Waals surface area contributed by atoms with Gasteiger partial charge in [0, 0.05) is 5.41 Å². The van der Waals surface area contributed by atoms with E-state index in [1.807, 2.05) is 0 Å². The maximum Gasteiger partial charge on any atom is 0.408 e. The minimum atomic E-state index is -1.08. The fourth-order valence-electron chi connectivity index (χ4n) is 2.68. The number of carbonyl (C=O) groups is 2. The molecule has 5 nitrogen and oxygen atoms in total. The lowest BCUT2D eigenvalue weighted by molar-refractivity contribution is -0.142. The summed E-state index contributed by atoms with van der Waals surface area (Å²) in [4.78, 5) is 23.0. The SMILES string of the molecule is CC(C)(C)OC(=O)N[C@@]1(C(=O)O)CC12CCC2. The van der Waals surface area contributed by atoms with Gasteiger partial charge in [0.2, 0.25) is 0 Å². The van der Waals surface area contributed by atoms with Crippen molar-refractivity contribution in [3.8, 4) is 0 Å². The average molecular weight is 241 g/mol. The molecule has 17 heavy (non-hydrogen) atoms. The van der Waals surface area contributed by atoms with Crippen molar-refractivity contribution in [3.05, 3.63) is 0 Å². The molecule has 96 valence electrons. The third-order valence-electron chi connectivity index (χ3n) is 3.77. The van der Waals surface area contributed by atoms with E-state index in [1.54, 1.807) is 20.8 Å². The Labute approximate surface area is 101 Å². The maximum atomic E-state index is 11.6. The van der Waals surface area contributed by atoms with Crippen LogP contribution in [0.3, 0.4) is 0 Å². The summed E-state index contributed by atoms with van der Waals surface area (Å²) in [5.74, 6) is -0.942. The Balaban J connectivity index is 2.02. The molecule has 0 unspecified atom stereocenters. The van der Waals surface area contributed by atoms with Crippen molar-refractivity contribution in [2.45, 2.75) is 57.6 Å². The molecular formula is C12H19NO4. The van der Waals surface area contributed by atoms with Gasteiger partial charge < -0.3 is 15.2 Å². The van der Waals surface area contributed by atoms with Crippen LogP contribution in [0.1, 0.15) is 46.5 Å². The van der Waals surface area contributed by atoms with Gasteiger partial charge in [0.05, 0.1) is 0 Å². The molecule has 0 aliphatic heterocycles. The van der Waals surface area contributed by atoms with Crippen LogP contribution in [-0.2, 0) is 9.53 Å². The highest BCUT2D eigenvalue weighted by Crippen LogP contribution is 2.68. The zero-order valence-corrected chi connectivity index (χ0v) is 10.5. The number of aliphatic carboxylic acids is 1. The third-order valence-corrected chi connectivity index (χ3v) is 3.77. The number of ether oxygens (including phenoxy) is 1. The van der Waals surface area contributed by atoms with Crippen LogP contribution < -0.4 is 5.32 Å². The Morgan fingerprint density at radius 1 is 1.29 bits per heavy atom. The van der Waals surface area contributed by atoms with Gasteiger partial charge in [-0.05, 0) is 40.0 Å². The number of rotatable bonds is 2. The van der Waals surface area contributed by atoms with Crippen molar-refractivity contribution in [2.75, 3.05) is 0 Å². The van der Waals surface area contributed by atoms with E-state index >= 15 is 0 Å². The molecule has 2 aliphatic carbocycles. The second kappa shape index (κ2) is 3.37. The first-order valence-corrected chi connectivity index (χ1v) is 5.95. The third kappa shape index (κ3) is 1.87. The zero-order valence-electron chi connectivity index (χ0n) is 10.5. The lowest BCUT2D eigenvalue weighted by atomic mass is 9.78. The number of carbonyl (C=O) groups excluding carboxylic acids is 1. The van der Waals surface area contributed by atoms with E-state index in [-0.39, 0.29) is 5.41 Å². The average Bonchev–Trinajstić information content (AvgIpc) is 2.70. The van der Waals surface area contributed by atoms with Crippen LogP contribution in [0.5, 0.6) is 0 Å². The summed E-state index contributed by atoms with van der Waals surface area (Å²) in [6, 6.07) is 0. The van der Waals surface area contributed by atoms with Gasteiger partial charge in [0.25, 0.3) is 0 Å². The smallest absolute Gasteiger partial charge is 0.408 e. The van der Waals surface area contributed by atoms with Gasteiger partial charge in [-0.25, -0.2) is 9.59 Å². The molecular weight excluding hydrogens is 222 g/mol. The van der Waals surface area contributed by atoms with Gasteiger partial charge in [-0.1, -0.05) is 6.42 Å². The molecule has 2 saturated carbocycles. The van der Waals surface area contributed by atoms with Crippen LogP contribution in [0, 0.1) is 5.41 Å². The van der Waals surface area contributed by atoms with Crippen LogP contribution in [0.15, 0.2) is 0 Å². The molecule has 5 heteroatoms. The Bertz CT molecular complexity index is 367. The zero-order chi connectivity index (χ0) is 12.9. The van der Waals surface area contributed by atoms with Crippen molar-refractivity contribution in [1.82, 2.24) is 5.32 Å². The van der Waals surface area contributed by atoms with E-state index < -0.39 is 23.2 Å². The largest absolute Gasteiger partial charge is 0.479 e. The molecule has 1 amide bonds. The molecule has 0 saturated heterocycles. The van der Waals surface area contributed by atoms with Gasteiger partial charge >= 0.3 is 12.1 Å². The number of hydrogen-bond donors (Lipinski definition) is 2. The van der Waals surface area contributed by atoms with Gasteiger partial charge in [0.1, 0.15) is 11.1 Å². The van der Waals surface area contributed by atoms with E-state index in [4.69, 9.17) is 4.74 Å². The molecule has 2 rings (SSSR count). The first-order chi connectivity index (χ1) is 7.71. The molecule has 0 bridgehead atoms. The van der Waals surface area contributed by atoms with Crippen LogP contribution in [-0.4, -0.2) is 28.3 Å². The predicted octanol–water partition coefficient (Wildman–Crippen LogP) is 1.91. The van der Waals surface area contributed by atoms with Gasteiger partial charge in [0.15, 0.2) is 0 Å². The van der Waals surface area contributed by atoms with Crippen molar-refractivity contribution in [2.24, 2.45) is 5.41 Å². The van der Waals surface area contributed by atoms with E-state index in [9.17, 15) is 14.7 Å². The molecule has 0 aromatic rings. The van der Waals surface area contributed by atoms with Crippen LogP contribution in [0.2, 0.25) is 0 Å². The van der Waals surface area contributed by atoms with Crippen molar-refractivity contribution in [3.63, 3.8) is 0 Å². The second-order valence-electron chi connectivity index (χ2n) is 6.15. The fourth-order valence-corrected chi connectivity index (χ4v) is 2.68. The second-order valence-corrected chi connectivity index (χ2v) is 6.15. The molecule has 0 radical (unpaired) electrons. The van der Waals surface area contributed by atoms with Gasteiger partial charge in [-0.3, -0.25) is 0 Å². The summed E-state index contributed by atoms with van der Waals surface area (Å²) in [5, 5.41) is 11.8. The highest BCUT2D eigenvalue weighted by Gasteiger charge is 2.75. The summed E-state index contributed by atoms with van der Waals surface area (Å²) in [6.07, 6.45) is 2.72. The number of carboxylic acid groups (broad SMARTS) is 1. The first-order valence-electron chi connectivity index (χ1n) is 5.95. The molecule has 1 spiro atoms. The van der Waals surface area contributed by atoms with E-state index in [0.717, 1.165) is 19.3 Å². The molecule has 2 fully saturated rings. The Kier molecular flexibility index (Phi) is 2.42. The lowest BCUT2D eigenvalue weighted by Gasteiger charge is -2.31. The first kappa shape index (κ1) is 12.2. The van der Waals surface area contributed by atoms with E-state index in [1.165, 1.54) is 0 Å². The van der Waals surface area contributed by atoms with Crippen molar-refractivity contribution in [1.29, 1.82) is 0 Å². The van der Waals surface area contributed by atoms with Gasteiger partial charge in [-0.15, -0.1) is 0 Å². The topological polar surface area (TPSA) is 75.6 Å². The normalized spacial score (nSPS) is 29.4. The fraction of sp³-hybridized carbons (Fsp3) is 0.833. The van der Waals surface area contributed by atoms with Gasteiger partial charge in [-0.2, -0.15) is 0 Å². The summed E-state index contributed by atoms with van der Waals surface area (Å²) in [6.45, 7) is 5.27. The summed E-state index contributed by atoms with van der Waals surface area (Å²) < 4.78 is 5.11. The van der Waals surface area contributed by atoms with E-state index in [2.05, 4.69) is 5.32 Å². The minimum Gasteiger partial charge on any atom is -0.479 e. The number of nitrogens with one attached hydrogen (secondary N) is 1. The Morgan fingerprint density at radius 3 is 2.18 bits per heavy atom. The predicted molar refractivity (Wildman–Crippen MR) is 60.6 cm³/mol. The van der Waals surface area contributed by atoms with E-state index in [0.29, 0.717) is 6.42 Å². The standard InChI is InChI=1S/C12H19NO4/c1-10(2,3)17-9(16)13-12(8(14)15)7-11(12)5-4-6-11/h4-7H2,1-3H3,(H,13,16)(H,14,15)/t12-/m1/s1. The monoisotopic (exact) mass is 241 g/mol. The number of alkyl carbamates (subject to hydrolysis) is 1. The number of amides is 1. The molecule has 2 N–H and O–H groups in total. The molecule has 0 aromatic heterocycles. The number of carboxylic acids is 1.